The molecule has 1 heterocycles. The van der Waals surface area contributed by atoms with Gasteiger partial charge in [-0.05, 0) is 103 Å². The van der Waals surface area contributed by atoms with Gasteiger partial charge in [-0.2, -0.15) is 0 Å². The van der Waals surface area contributed by atoms with Crippen molar-refractivity contribution in [2.24, 2.45) is 0 Å². The van der Waals surface area contributed by atoms with Crippen LogP contribution in [0.2, 0.25) is 0 Å². The first-order valence-electron chi connectivity index (χ1n) is 23.8. The molecule has 1 aromatic heterocycles. The predicted octanol–water partition coefficient (Wildman–Crippen LogP) is 12.1. The van der Waals surface area contributed by atoms with E-state index in [1.165, 1.54) is 49.0 Å². The molecule has 0 bridgehead atoms. The summed E-state index contributed by atoms with van der Waals surface area (Å²) in [4.78, 5) is 35.5. The lowest BCUT2D eigenvalue weighted by Gasteiger charge is -2.24. The van der Waals surface area contributed by atoms with E-state index in [0.717, 1.165) is 95.7 Å². The number of unbranched alkanes of at least 4 members (excludes halogenated alkanes) is 11. The summed E-state index contributed by atoms with van der Waals surface area (Å²) in [6.07, 6.45) is 36.9. The average molecular weight is 893 g/mol. The fourth-order valence-corrected chi connectivity index (χ4v) is 7.30. The second-order valence-electron chi connectivity index (χ2n) is 17.7. The van der Waals surface area contributed by atoms with E-state index in [-0.39, 0.29) is 32.2 Å². The Labute approximate surface area is 376 Å². The highest BCUT2D eigenvalue weighted by atomic mass is 31.2. The highest BCUT2D eigenvalue weighted by Gasteiger charge is 2.27. The first kappa shape index (κ1) is 57.2. The fourth-order valence-electron chi connectivity index (χ4n) is 6.56. The lowest BCUT2D eigenvalue weighted by Crippen LogP contribution is -2.37. The smallest absolute Gasteiger partial charge is 0.466 e. The summed E-state index contributed by atoms with van der Waals surface area (Å²) in [5.41, 5.74) is 2.64. The number of ether oxygens (including phenoxy) is 2. The third kappa shape index (κ3) is 32.8. The molecule has 0 fully saturated rings. The van der Waals surface area contributed by atoms with E-state index < -0.39 is 32.5 Å². The molecule has 0 aromatic carbocycles. The van der Waals surface area contributed by atoms with Crippen molar-refractivity contribution in [3.63, 3.8) is 0 Å². The van der Waals surface area contributed by atoms with Crippen LogP contribution in [0.25, 0.3) is 0 Å². The number of phosphoric ester groups is 1. The molecule has 0 saturated heterocycles. The number of hydrogen-bond acceptors (Lipinski definition) is 9. The van der Waals surface area contributed by atoms with Crippen molar-refractivity contribution in [2.45, 2.75) is 188 Å². The van der Waals surface area contributed by atoms with Crippen LogP contribution in [0.4, 0.5) is 0 Å². The summed E-state index contributed by atoms with van der Waals surface area (Å²) >= 11 is 0. The number of quaternary nitrogens is 1. The third-order valence-corrected chi connectivity index (χ3v) is 11.6. The molecule has 3 atom stereocenters. The minimum absolute atomic E-state index is 0.00892. The van der Waals surface area contributed by atoms with Gasteiger partial charge in [-0.3, -0.25) is 18.6 Å². The number of likely N-dealkylation sites (N-methyl/N-ethyl adjacent to an activating group) is 1. The normalized spacial score (nSPS) is 14.4. The first-order chi connectivity index (χ1) is 29.6. The molecule has 0 aliphatic carbocycles. The van der Waals surface area contributed by atoms with Gasteiger partial charge in [0.2, 0.25) is 0 Å². The quantitative estimate of drug-likeness (QED) is 0.0216. The van der Waals surface area contributed by atoms with Crippen LogP contribution in [-0.2, 0) is 45.5 Å². The van der Waals surface area contributed by atoms with E-state index in [0.29, 0.717) is 23.9 Å². The molecule has 0 amide bonds. The van der Waals surface area contributed by atoms with Crippen molar-refractivity contribution < 1.29 is 51.6 Å². The maximum Gasteiger partial charge on any atom is 0.472 e. The number of allylic oxidation sites excluding steroid dienone is 8. The van der Waals surface area contributed by atoms with Crippen LogP contribution < -0.4 is 0 Å². The Morgan fingerprint density at radius 3 is 1.73 bits per heavy atom. The van der Waals surface area contributed by atoms with Crippen LogP contribution >= 0.6 is 7.82 Å². The highest BCUT2D eigenvalue weighted by molar-refractivity contribution is 7.47. The second-order valence-corrected chi connectivity index (χ2v) is 19.1. The van der Waals surface area contributed by atoms with Crippen LogP contribution in [0.5, 0.6) is 0 Å². The molecule has 1 aromatic rings. The van der Waals surface area contributed by atoms with Crippen molar-refractivity contribution in [1.82, 2.24) is 0 Å². The number of rotatable bonds is 39. The second kappa shape index (κ2) is 35.5. The highest BCUT2D eigenvalue weighted by Crippen LogP contribution is 2.43. The number of nitrogens with zero attached hydrogens (tertiary/aromatic N) is 1. The number of carbonyl (C=O) groups excluding carboxylic acids is 2. The summed E-state index contributed by atoms with van der Waals surface area (Å²) < 4.78 is 40.6. The van der Waals surface area contributed by atoms with Gasteiger partial charge >= 0.3 is 19.8 Å². The standard InChI is InChI=1S/C50H86NO10P/c1-8-9-29-35-47-44(3)45(4)48(61-47)36-31-26-22-19-20-24-28-33-38-50(54)60-46(42-59-62(55,56)58-40-39-51(5,6)7)41-57-49(53)37-32-27-23-18-16-14-12-10-11-13-15-17-21-25-30-34-43(2)52/h11-14,17-18,21,23,43,46,52H,8-10,15-16,19-20,22,24-42H2,1-7H3/p+1/b13-11-,14-12-,21-17-,23-18-/t43-,46-/m1/s1. The number of aliphatic hydroxyl groups is 1. The van der Waals surface area contributed by atoms with Gasteiger partial charge in [0.1, 0.15) is 31.3 Å². The molecule has 1 unspecified atom stereocenters. The molecule has 0 radical (unpaired) electrons. The molecule has 0 spiro atoms. The first-order valence-corrected chi connectivity index (χ1v) is 25.3. The Hall–Kier alpha value is -2.79. The van der Waals surface area contributed by atoms with Crippen LogP contribution in [0.15, 0.2) is 53.0 Å². The Morgan fingerprint density at radius 1 is 0.677 bits per heavy atom. The van der Waals surface area contributed by atoms with Crippen molar-refractivity contribution >= 4 is 19.8 Å². The Morgan fingerprint density at radius 2 is 1.18 bits per heavy atom. The topological polar surface area (TPSA) is 142 Å². The molecule has 62 heavy (non-hydrogen) atoms. The molecular weight excluding hydrogens is 806 g/mol. The van der Waals surface area contributed by atoms with Crippen LogP contribution in [0, 0.1) is 13.8 Å². The number of phosphoric acid groups is 1. The SMILES string of the molecule is CCCCCc1oc(CCCCCCCCCCC(=O)O[C@H](COC(=O)CCC/C=C\C/C=C\C/C=C\C/C=C\CCC[C@@H](C)O)COP(=O)(O)OCC[N+](C)(C)C)c(C)c1C. The Balaban J connectivity index is 2.38. The zero-order valence-electron chi connectivity index (χ0n) is 39.9. The van der Waals surface area contributed by atoms with E-state index in [1.54, 1.807) is 0 Å². The van der Waals surface area contributed by atoms with Crippen LogP contribution in [0.1, 0.15) is 171 Å². The van der Waals surface area contributed by atoms with Crippen molar-refractivity contribution in [3.05, 3.63) is 71.3 Å². The van der Waals surface area contributed by atoms with Gasteiger partial charge in [-0.1, -0.05) is 107 Å². The average Bonchev–Trinajstić information content (AvgIpc) is 3.47. The molecule has 0 saturated carbocycles. The molecule has 0 aliphatic rings. The maximum atomic E-state index is 12.8. The van der Waals surface area contributed by atoms with E-state index in [4.69, 9.17) is 22.9 Å². The number of aryl methyl sites for hydroxylation is 2. The summed E-state index contributed by atoms with van der Waals surface area (Å²) in [5.74, 6) is 1.42. The molecule has 11 nitrogen and oxygen atoms in total. The summed E-state index contributed by atoms with van der Waals surface area (Å²) in [6.45, 7) is 8.20. The fraction of sp³-hybridized carbons (Fsp3) is 0.720. The summed E-state index contributed by atoms with van der Waals surface area (Å²) in [7, 11) is 1.40. The minimum Gasteiger partial charge on any atom is -0.466 e. The summed E-state index contributed by atoms with van der Waals surface area (Å²) in [6, 6.07) is 0. The third-order valence-electron chi connectivity index (χ3n) is 10.6. The molecular formula is C50H87NO10P+. The Bertz CT molecular complexity index is 1490. The maximum absolute atomic E-state index is 12.8. The van der Waals surface area contributed by atoms with Crippen molar-refractivity contribution in [3.8, 4) is 0 Å². The van der Waals surface area contributed by atoms with Gasteiger partial charge in [-0.15, -0.1) is 0 Å². The van der Waals surface area contributed by atoms with Gasteiger partial charge in [-0.25, -0.2) is 4.57 Å². The zero-order chi connectivity index (χ0) is 45.9. The molecule has 0 aliphatic heterocycles. The monoisotopic (exact) mass is 893 g/mol. The number of esters is 2. The van der Waals surface area contributed by atoms with E-state index >= 15 is 0 Å². The minimum atomic E-state index is -4.41. The van der Waals surface area contributed by atoms with Gasteiger partial charge < -0.3 is 28.4 Å². The van der Waals surface area contributed by atoms with Gasteiger partial charge in [0.15, 0.2) is 6.10 Å². The van der Waals surface area contributed by atoms with Crippen molar-refractivity contribution in [2.75, 3.05) is 47.5 Å². The largest absolute Gasteiger partial charge is 0.472 e. The predicted molar refractivity (Wildman–Crippen MR) is 252 cm³/mol. The van der Waals surface area contributed by atoms with Crippen LogP contribution in [-0.4, -0.2) is 86.1 Å². The number of aliphatic hydroxyl groups excluding tert-OH is 1. The lowest BCUT2D eigenvalue weighted by atomic mass is 10.0. The number of carbonyl (C=O) groups is 2. The Kier molecular flexibility index (Phi) is 32.8. The molecule has 356 valence electrons. The van der Waals surface area contributed by atoms with E-state index in [2.05, 4.69) is 63.3 Å². The van der Waals surface area contributed by atoms with Crippen molar-refractivity contribution in [1.29, 1.82) is 0 Å². The van der Waals surface area contributed by atoms with E-state index in [9.17, 15) is 24.2 Å². The van der Waals surface area contributed by atoms with Gasteiger partial charge in [0.05, 0.1) is 33.9 Å². The lowest BCUT2D eigenvalue weighted by molar-refractivity contribution is -0.870. The molecule has 1 rings (SSSR count). The zero-order valence-corrected chi connectivity index (χ0v) is 40.8. The van der Waals surface area contributed by atoms with E-state index in [1.807, 2.05) is 34.1 Å². The van der Waals surface area contributed by atoms with Gasteiger partial charge in [0.25, 0.3) is 0 Å². The van der Waals surface area contributed by atoms with Gasteiger partial charge in [0, 0.05) is 25.7 Å². The number of hydrogen-bond donors (Lipinski definition) is 2. The number of furan rings is 1. The van der Waals surface area contributed by atoms with Crippen LogP contribution in [0.3, 0.4) is 0 Å². The summed E-state index contributed by atoms with van der Waals surface area (Å²) in [5, 5.41) is 9.29. The molecule has 12 heteroatoms. The molecule has 2 N–H and O–H groups in total.